The average molecular weight is 285 g/mol. The molecule has 0 aromatic heterocycles. The number of hydrogen-bond acceptors (Lipinski definition) is 4. The Hall–Kier alpha value is -1.30. The quantitative estimate of drug-likeness (QED) is 0.799. The molecule has 1 heterocycles. The van der Waals surface area contributed by atoms with Crippen molar-refractivity contribution in [1.29, 1.82) is 0 Å². The molecule has 1 amide bonds. The van der Waals surface area contributed by atoms with E-state index in [2.05, 4.69) is 0 Å². The van der Waals surface area contributed by atoms with E-state index in [4.69, 9.17) is 27.2 Å². The molecule has 0 saturated carbocycles. The van der Waals surface area contributed by atoms with Gasteiger partial charge in [-0.05, 0) is 19.1 Å². The third-order valence-electron chi connectivity index (χ3n) is 3.23. The Morgan fingerprint density at radius 1 is 1.63 bits per heavy atom. The molecule has 1 fully saturated rings. The highest BCUT2D eigenvalue weighted by Crippen LogP contribution is 2.26. The van der Waals surface area contributed by atoms with E-state index in [1.54, 1.807) is 23.1 Å². The van der Waals surface area contributed by atoms with E-state index in [-0.39, 0.29) is 29.7 Å². The second kappa shape index (κ2) is 5.77. The zero-order chi connectivity index (χ0) is 14.0. The highest BCUT2D eigenvalue weighted by Gasteiger charge is 2.30. The number of aliphatic hydroxyl groups excluding tert-OH is 1. The van der Waals surface area contributed by atoms with Gasteiger partial charge in [-0.3, -0.25) is 4.79 Å². The van der Waals surface area contributed by atoms with E-state index in [0.29, 0.717) is 24.4 Å². The number of carbonyl (C=O) groups excluding carboxylic acids is 1. The number of hydrogen-bond donors (Lipinski definition) is 2. The van der Waals surface area contributed by atoms with Gasteiger partial charge in [-0.2, -0.15) is 0 Å². The first kappa shape index (κ1) is 14.1. The molecular weight excluding hydrogens is 268 g/mol. The van der Waals surface area contributed by atoms with Crippen molar-refractivity contribution in [3.63, 3.8) is 0 Å². The second-order valence-corrected chi connectivity index (χ2v) is 5.03. The molecule has 1 aromatic carbocycles. The van der Waals surface area contributed by atoms with Gasteiger partial charge in [0.15, 0.2) is 0 Å². The highest BCUT2D eigenvalue weighted by atomic mass is 35.5. The zero-order valence-corrected chi connectivity index (χ0v) is 11.4. The normalized spacial score (nSPS) is 23.4. The minimum atomic E-state index is -0.347. The highest BCUT2D eigenvalue weighted by molar-refractivity contribution is 6.36. The van der Waals surface area contributed by atoms with Gasteiger partial charge in [0.05, 0.1) is 41.6 Å². The lowest BCUT2D eigenvalue weighted by Gasteiger charge is -2.37. The van der Waals surface area contributed by atoms with Gasteiger partial charge < -0.3 is 20.5 Å². The van der Waals surface area contributed by atoms with E-state index >= 15 is 0 Å². The molecular formula is C13H17ClN2O3. The van der Waals surface area contributed by atoms with Gasteiger partial charge in [-0.15, -0.1) is 0 Å². The molecule has 1 saturated heterocycles. The summed E-state index contributed by atoms with van der Waals surface area (Å²) >= 11 is 6.07. The van der Waals surface area contributed by atoms with Crippen LogP contribution in [0.2, 0.25) is 5.02 Å². The fraction of sp³-hybridized carbons (Fsp3) is 0.462. The molecule has 0 bridgehead atoms. The third-order valence-corrected chi connectivity index (χ3v) is 3.65. The molecule has 3 N–H and O–H groups in total. The lowest BCUT2D eigenvalue weighted by atomic mass is 10.1. The standard InChI is InChI=1S/C13H17ClN2O3/c1-8-7-19-9(6-17)5-16(8)13(18)10-3-2-4-11(15)12(10)14/h2-4,8-9,17H,5-7,15H2,1H3. The minimum absolute atomic E-state index is 0.0622. The van der Waals surface area contributed by atoms with Crippen LogP contribution in [-0.4, -0.2) is 47.8 Å². The topological polar surface area (TPSA) is 75.8 Å². The molecule has 5 nitrogen and oxygen atoms in total. The first-order valence-corrected chi connectivity index (χ1v) is 6.49. The van der Waals surface area contributed by atoms with Crippen molar-refractivity contribution >= 4 is 23.2 Å². The van der Waals surface area contributed by atoms with Crippen LogP contribution in [0.25, 0.3) is 0 Å². The molecule has 6 heteroatoms. The van der Waals surface area contributed by atoms with Crippen molar-refractivity contribution in [2.24, 2.45) is 0 Å². The van der Waals surface area contributed by atoms with Crippen LogP contribution in [0.4, 0.5) is 5.69 Å². The van der Waals surface area contributed by atoms with Gasteiger partial charge >= 0.3 is 0 Å². The van der Waals surface area contributed by atoms with Crippen LogP contribution in [0.1, 0.15) is 17.3 Å². The number of anilines is 1. The van der Waals surface area contributed by atoms with E-state index in [1.807, 2.05) is 6.92 Å². The van der Waals surface area contributed by atoms with E-state index in [1.165, 1.54) is 0 Å². The molecule has 19 heavy (non-hydrogen) atoms. The van der Waals surface area contributed by atoms with Crippen LogP contribution in [0.5, 0.6) is 0 Å². The van der Waals surface area contributed by atoms with Crippen LogP contribution < -0.4 is 5.73 Å². The summed E-state index contributed by atoms with van der Waals surface area (Å²) in [5, 5.41) is 9.41. The summed E-state index contributed by atoms with van der Waals surface area (Å²) in [6, 6.07) is 4.94. The number of ether oxygens (including phenoxy) is 1. The smallest absolute Gasteiger partial charge is 0.255 e. The van der Waals surface area contributed by atoms with Crippen LogP contribution >= 0.6 is 11.6 Å². The Morgan fingerprint density at radius 3 is 3.05 bits per heavy atom. The van der Waals surface area contributed by atoms with E-state index in [0.717, 1.165) is 0 Å². The summed E-state index contributed by atoms with van der Waals surface area (Å²) in [5.41, 5.74) is 6.47. The number of morpholine rings is 1. The van der Waals surface area contributed by atoms with Crippen molar-refractivity contribution in [2.45, 2.75) is 19.1 Å². The molecule has 0 radical (unpaired) electrons. The molecule has 2 rings (SSSR count). The number of halogens is 1. The van der Waals surface area contributed by atoms with Gasteiger partial charge in [0, 0.05) is 6.54 Å². The molecule has 1 aliphatic rings. The van der Waals surface area contributed by atoms with Crippen molar-refractivity contribution in [3.8, 4) is 0 Å². The number of aliphatic hydroxyl groups is 1. The first-order valence-electron chi connectivity index (χ1n) is 6.12. The molecule has 2 atom stereocenters. The summed E-state index contributed by atoms with van der Waals surface area (Å²) in [7, 11) is 0. The van der Waals surface area contributed by atoms with Crippen molar-refractivity contribution in [1.82, 2.24) is 4.90 Å². The second-order valence-electron chi connectivity index (χ2n) is 4.65. The fourth-order valence-electron chi connectivity index (χ4n) is 2.08. The summed E-state index contributed by atoms with van der Waals surface area (Å²) in [6.07, 6.45) is -0.347. The number of nitrogens with zero attached hydrogens (tertiary/aromatic N) is 1. The number of rotatable bonds is 2. The van der Waals surface area contributed by atoms with Crippen LogP contribution in [0.15, 0.2) is 18.2 Å². The Bertz CT molecular complexity index is 481. The summed E-state index contributed by atoms with van der Waals surface area (Å²) in [5.74, 6) is -0.188. The van der Waals surface area contributed by atoms with Gasteiger partial charge in [0.2, 0.25) is 0 Å². The minimum Gasteiger partial charge on any atom is -0.398 e. The maximum atomic E-state index is 12.5. The zero-order valence-electron chi connectivity index (χ0n) is 10.7. The van der Waals surface area contributed by atoms with E-state index in [9.17, 15) is 4.79 Å². The molecule has 1 aliphatic heterocycles. The van der Waals surface area contributed by atoms with E-state index < -0.39 is 0 Å². The van der Waals surface area contributed by atoms with Gasteiger partial charge in [-0.1, -0.05) is 17.7 Å². The number of amides is 1. The number of benzene rings is 1. The summed E-state index contributed by atoms with van der Waals surface area (Å²) in [6.45, 7) is 2.53. The molecule has 0 aliphatic carbocycles. The van der Waals surface area contributed by atoms with Crippen LogP contribution in [0.3, 0.4) is 0 Å². The lowest BCUT2D eigenvalue weighted by molar-refractivity contribution is -0.0667. The Balaban J connectivity index is 2.24. The largest absolute Gasteiger partial charge is 0.398 e. The fourth-order valence-corrected chi connectivity index (χ4v) is 2.29. The maximum Gasteiger partial charge on any atom is 0.255 e. The number of nitrogen functional groups attached to an aromatic ring is 1. The lowest BCUT2D eigenvalue weighted by Crippen LogP contribution is -2.52. The monoisotopic (exact) mass is 284 g/mol. The summed E-state index contributed by atoms with van der Waals surface area (Å²) in [4.78, 5) is 14.2. The van der Waals surface area contributed by atoms with Crippen molar-refractivity contribution in [3.05, 3.63) is 28.8 Å². The Kier molecular flexibility index (Phi) is 4.29. The predicted molar refractivity (Wildman–Crippen MR) is 73.2 cm³/mol. The van der Waals surface area contributed by atoms with Crippen LogP contribution in [0, 0.1) is 0 Å². The molecule has 1 aromatic rings. The third kappa shape index (κ3) is 2.83. The number of nitrogens with two attached hydrogens (primary N) is 1. The van der Waals surface area contributed by atoms with Crippen molar-refractivity contribution in [2.75, 3.05) is 25.5 Å². The predicted octanol–water partition coefficient (Wildman–Crippen LogP) is 1.14. The number of carbonyl (C=O) groups is 1. The van der Waals surface area contributed by atoms with Gasteiger partial charge in [0.25, 0.3) is 5.91 Å². The Morgan fingerprint density at radius 2 is 2.37 bits per heavy atom. The average Bonchev–Trinajstić information content (AvgIpc) is 2.42. The first-order chi connectivity index (χ1) is 9.04. The van der Waals surface area contributed by atoms with Gasteiger partial charge in [0.1, 0.15) is 0 Å². The maximum absolute atomic E-state index is 12.5. The molecule has 104 valence electrons. The SMILES string of the molecule is CC1COC(CO)CN1C(=O)c1cccc(N)c1Cl. The molecule has 2 unspecified atom stereocenters. The van der Waals surface area contributed by atoms with Crippen LogP contribution in [-0.2, 0) is 4.74 Å². The summed E-state index contributed by atoms with van der Waals surface area (Å²) < 4.78 is 5.41. The van der Waals surface area contributed by atoms with Gasteiger partial charge in [-0.25, -0.2) is 0 Å². The Labute approximate surface area is 116 Å². The van der Waals surface area contributed by atoms with Crippen molar-refractivity contribution < 1.29 is 14.6 Å². The molecule has 0 spiro atoms.